The molecule has 0 bridgehead atoms. The highest BCUT2D eigenvalue weighted by Gasteiger charge is 2.11. The van der Waals surface area contributed by atoms with E-state index in [1.807, 2.05) is 25.1 Å². The molecule has 0 aromatic heterocycles. The summed E-state index contributed by atoms with van der Waals surface area (Å²) in [5.41, 5.74) is 1.13. The van der Waals surface area contributed by atoms with E-state index >= 15 is 0 Å². The van der Waals surface area contributed by atoms with Gasteiger partial charge in [0.1, 0.15) is 5.75 Å². The van der Waals surface area contributed by atoms with Crippen molar-refractivity contribution in [2.45, 2.75) is 33.2 Å². The van der Waals surface area contributed by atoms with Gasteiger partial charge in [0.2, 0.25) is 0 Å². The van der Waals surface area contributed by atoms with Crippen molar-refractivity contribution in [3.63, 3.8) is 0 Å². The quantitative estimate of drug-likeness (QED) is 0.818. The van der Waals surface area contributed by atoms with E-state index in [9.17, 15) is 0 Å². The summed E-state index contributed by atoms with van der Waals surface area (Å²) in [7, 11) is 0. The maximum absolute atomic E-state index is 6.01. The van der Waals surface area contributed by atoms with Crippen molar-refractivity contribution >= 4 is 11.6 Å². The minimum Gasteiger partial charge on any atom is -0.494 e. The zero-order chi connectivity index (χ0) is 12.0. The molecule has 0 spiro atoms. The predicted molar refractivity (Wildman–Crippen MR) is 69.3 cm³/mol. The van der Waals surface area contributed by atoms with Crippen LogP contribution in [0.5, 0.6) is 5.75 Å². The standard InChI is InChI=1S/C13H20ClNO/c1-4-8-15-10(3)12-9-11(14)6-7-13(12)16-5-2/h6-7,9-10,15H,4-5,8H2,1-3H3. The van der Waals surface area contributed by atoms with Crippen molar-refractivity contribution in [3.05, 3.63) is 28.8 Å². The van der Waals surface area contributed by atoms with Crippen LogP contribution in [0.3, 0.4) is 0 Å². The largest absolute Gasteiger partial charge is 0.494 e. The molecule has 1 aromatic rings. The number of hydrogen-bond donors (Lipinski definition) is 1. The van der Waals surface area contributed by atoms with Crippen LogP contribution in [0, 0.1) is 0 Å². The van der Waals surface area contributed by atoms with Crippen LogP contribution >= 0.6 is 11.6 Å². The van der Waals surface area contributed by atoms with Gasteiger partial charge in [-0.25, -0.2) is 0 Å². The fourth-order valence-corrected chi connectivity index (χ4v) is 1.80. The first-order chi connectivity index (χ1) is 7.69. The van der Waals surface area contributed by atoms with E-state index in [1.165, 1.54) is 0 Å². The number of rotatable bonds is 6. The number of halogens is 1. The molecule has 0 amide bonds. The van der Waals surface area contributed by atoms with Crippen LogP contribution in [-0.2, 0) is 0 Å². The van der Waals surface area contributed by atoms with E-state index in [2.05, 4.69) is 19.2 Å². The number of ether oxygens (including phenoxy) is 1. The summed E-state index contributed by atoms with van der Waals surface area (Å²) in [5, 5.41) is 4.19. The lowest BCUT2D eigenvalue weighted by molar-refractivity contribution is 0.332. The summed E-state index contributed by atoms with van der Waals surface area (Å²) >= 11 is 6.01. The zero-order valence-electron chi connectivity index (χ0n) is 10.2. The lowest BCUT2D eigenvalue weighted by Crippen LogP contribution is -2.20. The first-order valence-corrected chi connectivity index (χ1v) is 6.22. The second-order valence-electron chi connectivity index (χ2n) is 3.79. The molecule has 3 heteroatoms. The van der Waals surface area contributed by atoms with Gasteiger partial charge < -0.3 is 10.1 Å². The predicted octanol–water partition coefficient (Wildman–Crippen LogP) is 3.80. The zero-order valence-corrected chi connectivity index (χ0v) is 11.0. The van der Waals surface area contributed by atoms with E-state index in [4.69, 9.17) is 16.3 Å². The Labute approximate surface area is 103 Å². The van der Waals surface area contributed by atoms with Gasteiger partial charge in [0, 0.05) is 16.6 Å². The molecular formula is C13H20ClNO. The molecule has 0 heterocycles. The fourth-order valence-electron chi connectivity index (χ4n) is 1.62. The van der Waals surface area contributed by atoms with E-state index in [1.54, 1.807) is 0 Å². The number of hydrogen-bond acceptors (Lipinski definition) is 2. The second kappa shape index (κ2) is 6.77. The van der Waals surface area contributed by atoms with Gasteiger partial charge in [0.25, 0.3) is 0 Å². The van der Waals surface area contributed by atoms with Gasteiger partial charge in [-0.15, -0.1) is 0 Å². The van der Waals surface area contributed by atoms with Gasteiger partial charge in [-0.1, -0.05) is 18.5 Å². The lowest BCUT2D eigenvalue weighted by atomic mass is 10.1. The van der Waals surface area contributed by atoms with Crippen molar-refractivity contribution in [2.75, 3.05) is 13.2 Å². The van der Waals surface area contributed by atoms with Crippen molar-refractivity contribution in [1.82, 2.24) is 5.32 Å². The van der Waals surface area contributed by atoms with Gasteiger partial charge in [0.15, 0.2) is 0 Å². The molecule has 0 aliphatic heterocycles. The minimum absolute atomic E-state index is 0.264. The summed E-state index contributed by atoms with van der Waals surface area (Å²) < 4.78 is 5.59. The smallest absolute Gasteiger partial charge is 0.124 e. The fraction of sp³-hybridized carbons (Fsp3) is 0.538. The molecule has 1 atom stereocenters. The molecule has 1 aromatic carbocycles. The molecule has 0 aliphatic rings. The Morgan fingerprint density at radius 1 is 1.38 bits per heavy atom. The van der Waals surface area contributed by atoms with Gasteiger partial charge >= 0.3 is 0 Å². The number of benzene rings is 1. The molecular weight excluding hydrogens is 222 g/mol. The highest BCUT2D eigenvalue weighted by atomic mass is 35.5. The van der Waals surface area contributed by atoms with Gasteiger partial charge in [-0.05, 0) is 45.0 Å². The van der Waals surface area contributed by atoms with E-state index in [0.29, 0.717) is 6.61 Å². The molecule has 1 rings (SSSR count). The molecule has 0 radical (unpaired) electrons. The van der Waals surface area contributed by atoms with E-state index in [0.717, 1.165) is 29.3 Å². The SMILES string of the molecule is CCCNC(C)c1cc(Cl)ccc1OCC. The third-order valence-electron chi connectivity index (χ3n) is 2.44. The van der Waals surface area contributed by atoms with Crippen molar-refractivity contribution in [1.29, 1.82) is 0 Å². The molecule has 0 aliphatic carbocycles. The van der Waals surface area contributed by atoms with Crippen LogP contribution in [0.2, 0.25) is 5.02 Å². The minimum atomic E-state index is 0.264. The average molecular weight is 242 g/mol. The highest BCUT2D eigenvalue weighted by molar-refractivity contribution is 6.30. The van der Waals surface area contributed by atoms with Gasteiger partial charge in [0.05, 0.1) is 6.61 Å². The van der Waals surface area contributed by atoms with Crippen LogP contribution in [0.25, 0.3) is 0 Å². The Kier molecular flexibility index (Phi) is 5.64. The Morgan fingerprint density at radius 2 is 2.12 bits per heavy atom. The average Bonchev–Trinajstić information content (AvgIpc) is 2.28. The molecule has 0 saturated heterocycles. The second-order valence-corrected chi connectivity index (χ2v) is 4.23. The van der Waals surface area contributed by atoms with Crippen LogP contribution < -0.4 is 10.1 Å². The summed E-state index contributed by atoms with van der Waals surface area (Å²) in [6, 6.07) is 6.04. The van der Waals surface area contributed by atoms with Crippen LogP contribution in [0.4, 0.5) is 0 Å². The van der Waals surface area contributed by atoms with E-state index in [-0.39, 0.29) is 6.04 Å². The van der Waals surface area contributed by atoms with Crippen LogP contribution in [0.15, 0.2) is 18.2 Å². The molecule has 90 valence electrons. The normalized spacial score (nSPS) is 12.5. The maximum atomic E-state index is 6.01. The number of nitrogens with one attached hydrogen (secondary N) is 1. The van der Waals surface area contributed by atoms with E-state index < -0.39 is 0 Å². The third-order valence-corrected chi connectivity index (χ3v) is 2.67. The Balaban J connectivity index is 2.85. The van der Waals surface area contributed by atoms with Crippen LogP contribution in [0.1, 0.15) is 38.8 Å². The topological polar surface area (TPSA) is 21.3 Å². The molecule has 1 N–H and O–H groups in total. The van der Waals surface area contributed by atoms with Crippen molar-refractivity contribution in [3.8, 4) is 5.75 Å². The molecule has 0 saturated carbocycles. The highest BCUT2D eigenvalue weighted by Crippen LogP contribution is 2.28. The third kappa shape index (κ3) is 3.69. The summed E-state index contributed by atoms with van der Waals surface area (Å²) in [6.07, 6.45) is 1.12. The molecule has 1 unspecified atom stereocenters. The van der Waals surface area contributed by atoms with Crippen molar-refractivity contribution < 1.29 is 4.74 Å². The summed E-state index contributed by atoms with van der Waals surface area (Å²) in [4.78, 5) is 0. The van der Waals surface area contributed by atoms with Crippen LogP contribution in [-0.4, -0.2) is 13.2 Å². The summed E-state index contributed by atoms with van der Waals surface area (Å²) in [5.74, 6) is 0.919. The Bertz CT molecular complexity index is 328. The Hall–Kier alpha value is -0.730. The van der Waals surface area contributed by atoms with Crippen molar-refractivity contribution in [2.24, 2.45) is 0 Å². The van der Waals surface area contributed by atoms with Gasteiger partial charge in [-0.3, -0.25) is 0 Å². The van der Waals surface area contributed by atoms with Gasteiger partial charge in [-0.2, -0.15) is 0 Å². The molecule has 0 fully saturated rings. The first-order valence-electron chi connectivity index (χ1n) is 5.84. The molecule has 16 heavy (non-hydrogen) atoms. The summed E-state index contributed by atoms with van der Waals surface area (Å²) in [6.45, 7) is 7.95. The Morgan fingerprint density at radius 3 is 2.75 bits per heavy atom. The molecule has 2 nitrogen and oxygen atoms in total. The monoisotopic (exact) mass is 241 g/mol. The lowest BCUT2D eigenvalue weighted by Gasteiger charge is -2.18. The first kappa shape index (κ1) is 13.3. The maximum Gasteiger partial charge on any atom is 0.124 e.